The zero-order chi connectivity index (χ0) is 15.6. The molecule has 0 bridgehead atoms. The van der Waals surface area contributed by atoms with Crippen LogP contribution in [0.3, 0.4) is 0 Å². The third-order valence-corrected chi connectivity index (χ3v) is 4.32. The van der Waals surface area contributed by atoms with Crippen LogP contribution in [-0.2, 0) is 10.3 Å². The van der Waals surface area contributed by atoms with Gasteiger partial charge in [0.15, 0.2) is 11.3 Å². The Balaban J connectivity index is 1.96. The first-order chi connectivity index (χ1) is 10.6. The Morgan fingerprint density at radius 3 is 2.68 bits per heavy atom. The quantitative estimate of drug-likeness (QED) is 0.633. The van der Waals surface area contributed by atoms with E-state index in [4.69, 9.17) is 11.6 Å². The fourth-order valence-corrected chi connectivity index (χ4v) is 3.00. The van der Waals surface area contributed by atoms with Crippen LogP contribution in [0.5, 0.6) is 0 Å². The molecule has 0 N–H and O–H groups in total. The molecule has 1 aromatic rings. The largest absolute Gasteiger partial charge is 0.296 e. The maximum Gasteiger partial charge on any atom is 0.253 e. The lowest BCUT2D eigenvalue weighted by Gasteiger charge is -2.28. The second kappa shape index (κ2) is 5.97. The molecule has 0 saturated carbocycles. The van der Waals surface area contributed by atoms with Gasteiger partial charge in [0.05, 0.1) is 11.3 Å². The van der Waals surface area contributed by atoms with Gasteiger partial charge in [-0.1, -0.05) is 12.2 Å². The molecule has 22 heavy (non-hydrogen) atoms. The summed E-state index contributed by atoms with van der Waals surface area (Å²) in [6.07, 6.45) is 13.2. The maximum atomic E-state index is 13.0. The summed E-state index contributed by atoms with van der Waals surface area (Å²) >= 11 is 5.44. The average Bonchev–Trinajstić information content (AvgIpc) is 3.06. The standard InChI is InChI=1S/C17H15ClN2O2/c18-16(22)13-7-8-14(19-11-13)17(9-4-10-20-17)15(21)12-5-2-1-3-6-12/h1-2,4,7-12H,3,5-6H2. The molecule has 0 spiro atoms. The molecule has 1 aliphatic carbocycles. The van der Waals surface area contributed by atoms with E-state index < -0.39 is 10.8 Å². The van der Waals surface area contributed by atoms with E-state index in [0.717, 1.165) is 19.3 Å². The molecular formula is C17H15ClN2O2. The zero-order valence-corrected chi connectivity index (χ0v) is 12.7. The third kappa shape index (κ3) is 2.55. The Labute approximate surface area is 133 Å². The van der Waals surface area contributed by atoms with Gasteiger partial charge < -0.3 is 0 Å². The van der Waals surface area contributed by atoms with E-state index in [9.17, 15) is 9.59 Å². The molecular weight excluding hydrogens is 300 g/mol. The molecule has 0 aromatic carbocycles. The highest BCUT2D eigenvalue weighted by atomic mass is 35.5. The fraction of sp³-hybridized carbons (Fsp3) is 0.294. The molecule has 2 aliphatic rings. The van der Waals surface area contributed by atoms with E-state index in [1.807, 2.05) is 6.08 Å². The molecule has 0 amide bonds. The van der Waals surface area contributed by atoms with Crippen molar-refractivity contribution in [2.75, 3.05) is 0 Å². The van der Waals surface area contributed by atoms with Crippen molar-refractivity contribution in [3.8, 4) is 0 Å². The van der Waals surface area contributed by atoms with Gasteiger partial charge in [0, 0.05) is 18.3 Å². The molecule has 112 valence electrons. The van der Waals surface area contributed by atoms with Gasteiger partial charge in [-0.3, -0.25) is 19.6 Å². The van der Waals surface area contributed by atoms with E-state index in [1.165, 1.54) is 6.20 Å². The first kappa shape index (κ1) is 14.9. The molecule has 0 radical (unpaired) electrons. The molecule has 5 heteroatoms. The van der Waals surface area contributed by atoms with Gasteiger partial charge in [-0.15, -0.1) is 0 Å². The number of hydrogen-bond acceptors (Lipinski definition) is 4. The van der Waals surface area contributed by atoms with Crippen molar-refractivity contribution >= 4 is 28.8 Å². The van der Waals surface area contributed by atoms with Crippen molar-refractivity contribution < 1.29 is 9.59 Å². The number of pyridine rings is 1. The summed E-state index contributed by atoms with van der Waals surface area (Å²) in [5, 5.41) is -0.567. The van der Waals surface area contributed by atoms with Crippen molar-refractivity contribution in [3.63, 3.8) is 0 Å². The Morgan fingerprint density at radius 2 is 2.14 bits per heavy atom. The molecule has 4 nitrogen and oxygen atoms in total. The number of nitrogens with zero attached hydrogens (tertiary/aromatic N) is 2. The molecule has 0 saturated heterocycles. The van der Waals surface area contributed by atoms with Gasteiger partial charge in [0.2, 0.25) is 0 Å². The van der Waals surface area contributed by atoms with Crippen LogP contribution in [0.1, 0.15) is 35.3 Å². The van der Waals surface area contributed by atoms with Crippen molar-refractivity contribution in [1.82, 2.24) is 4.98 Å². The Morgan fingerprint density at radius 1 is 1.27 bits per heavy atom. The van der Waals surface area contributed by atoms with E-state index in [2.05, 4.69) is 16.1 Å². The number of halogens is 1. The predicted octanol–water partition coefficient (Wildman–Crippen LogP) is 3.22. The third-order valence-electron chi connectivity index (χ3n) is 4.10. The summed E-state index contributed by atoms with van der Waals surface area (Å²) < 4.78 is 0. The zero-order valence-electron chi connectivity index (χ0n) is 11.9. The lowest BCUT2D eigenvalue weighted by Crippen LogP contribution is -2.37. The number of rotatable bonds is 4. The van der Waals surface area contributed by atoms with Crippen molar-refractivity contribution in [2.24, 2.45) is 10.9 Å². The smallest absolute Gasteiger partial charge is 0.253 e. The average molecular weight is 315 g/mol. The Kier molecular flexibility index (Phi) is 4.03. The highest BCUT2D eigenvalue weighted by Gasteiger charge is 2.43. The lowest BCUT2D eigenvalue weighted by atomic mass is 9.78. The van der Waals surface area contributed by atoms with E-state index in [1.54, 1.807) is 30.5 Å². The minimum absolute atomic E-state index is 0.0546. The van der Waals surface area contributed by atoms with Gasteiger partial charge in [-0.25, -0.2) is 0 Å². The summed E-state index contributed by atoms with van der Waals surface area (Å²) in [5.41, 5.74) is -0.234. The van der Waals surface area contributed by atoms with Gasteiger partial charge in [-0.05, 0) is 55.1 Å². The van der Waals surface area contributed by atoms with Crippen LogP contribution in [0.15, 0.2) is 47.6 Å². The Hall–Kier alpha value is -2.07. The molecule has 1 aliphatic heterocycles. The molecule has 3 rings (SSSR count). The summed E-state index contributed by atoms with van der Waals surface area (Å²) in [6, 6.07) is 3.23. The number of carbonyl (C=O) groups excluding carboxylic acids is 2. The number of aliphatic imine (C=N–C) groups is 1. The van der Waals surface area contributed by atoms with Crippen LogP contribution < -0.4 is 0 Å². The Bertz CT molecular complexity index is 677. The summed E-state index contributed by atoms with van der Waals surface area (Å²) in [7, 11) is 0. The van der Waals surface area contributed by atoms with Crippen molar-refractivity contribution in [3.05, 3.63) is 53.9 Å². The van der Waals surface area contributed by atoms with Gasteiger partial charge in [0.1, 0.15) is 0 Å². The lowest BCUT2D eigenvalue weighted by molar-refractivity contribution is -0.127. The first-order valence-electron chi connectivity index (χ1n) is 7.22. The summed E-state index contributed by atoms with van der Waals surface area (Å²) in [5.74, 6) is 0.000311. The number of Topliss-reactive ketones (excluding diaryl/α,β-unsaturated/α-hetero) is 1. The normalized spacial score (nSPS) is 26.3. The second-order valence-corrected chi connectivity index (χ2v) is 5.80. The van der Waals surface area contributed by atoms with Crippen molar-refractivity contribution in [2.45, 2.75) is 24.8 Å². The number of aromatic nitrogens is 1. The van der Waals surface area contributed by atoms with E-state index in [0.29, 0.717) is 11.3 Å². The number of ketones is 1. The summed E-state index contributed by atoms with van der Waals surface area (Å²) in [4.78, 5) is 32.8. The van der Waals surface area contributed by atoms with Gasteiger partial charge in [0.25, 0.3) is 5.24 Å². The SMILES string of the molecule is O=C(Cl)c1ccc(C2(C(=O)C3CC=CCC3)C=CC=N2)nc1. The monoisotopic (exact) mass is 314 g/mol. The van der Waals surface area contributed by atoms with Crippen LogP contribution >= 0.6 is 11.6 Å². The molecule has 2 heterocycles. The number of allylic oxidation sites excluding steroid dienone is 3. The number of carbonyl (C=O) groups is 2. The summed E-state index contributed by atoms with van der Waals surface area (Å²) in [6.45, 7) is 0. The van der Waals surface area contributed by atoms with Crippen LogP contribution in [-0.4, -0.2) is 22.2 Å². The highest BCUT2D eigenvalue weighted by molar-refractivity contribution is 6.67. The molecule has 2 atom stereocenters. The topological polar surface area (TPSA) is 59.4 Å². The van der Waals surface area contributed by atoms with E-state index >= 15 is 0 Å². The second-order valence-electron chi connectivity index (χ2n) is 5.46. The van der Waals surface area contributed by atoms with Crippen LogP contribution in [0.4, 0.5) is 0 Å². The van der Waals surface area contributed by atoms with Crippen molar-refractivity contribution in [1.29, 1.82) is 0 Å². The van der Waals surface area contributed by atoms with Gasteiger partial charge in [-0.2, -0.15) is 0 Å². The highest BCUT2D eigenvalue weighted by Crippen LogP contribution is 2.36. The molecule has 1 aromatic heterocycles. The van der Waals surface area contributed by atoms with Crippen LogP contribution in [0.25, 0.3) is 0 Å². The fourth-order valence-electron chi connectivity index (χ4n) is 2.89. The first-order valence-corrected chi connectivity index (χ1v) is 7.60. The van der Waals surface area contributed by atoms with Gasteiger partial charge >= 0.3 is 0 Å². The molecule has 2 unspecified atom stereocenters. The molecule has 0 fully saturated rings. The predicted molar refractivity (Wildman–Crippen MR) is 85.2 cm³/mol. The van der Waals surface area contributed by atoms with Crippen LogP contribution in [0.2, 0.25) is 0 Å². The minimum atomic E-state index is -1.07. The number of hydrogen-bond donors (Lipinski definition) is 0. The maximum absolute atomic E-state index is 13.0. The van der Waals surface area contributed by atoms with E-state index in [-0.39, 0.29) is 11.7 Å². The van der Waals surface area contributed by atoms with Crippen LogP contribution in [0, 0.1) is 5.92 Å². The minimum Gasteiger partial charge on any atom is -0.296 e.